The van der Waals surface area contributed by atoms with Crippen LogP contribution in [0, 0.1) is 5.92 Å². The first-order valence-corrected chi connectivity index (χ1v) is 3.93. The second-order valence-corrected chi connectivity index (χ2v) is 3.54. The average molecular weight is 178 g/mol. The normalized spacial score (nSPS) is 27.4. The van der Waals surface area contributed by atoms with Crippen molar-refractivity contribution in [3.8, 4) is 0 Å². The van der Waals surface area contributed by atoms with Gasteiger partial charge in [0.1, 0.15) is 6.10 Å². The SMILES string of the molecule is CC([O])C(Br)C1CC1. The van der Waals surface area contributed by atoms with Crippen LogP contribution >= 0.6 is 15.9 Å². The van der Waals surface area contributed by atoms with Crippen molar-refractivity contribution in [1.82, 2.24) is 0 Å². The van der Waals surface area contributed by atoms with Crippen LogP contribution in [0.2, 0.25) is 0 Å². The lowest BCUT2D eigenvalue weighted by molar-refractivity contribution is 0.0998. The first kappa shape index (κ1) is 6.56. The molecule has 1 saturated carbocycles. The molecule has 2 heteroatoms. The van der Waals surface area contributed by atoms with Crippen LogP contribution < -0.4 is 0 Å². The highest BCUT2D eigenvalue weighted by Gasteiger charge is 2.32. The van der Waals surface area contributed by atoms with Crippen LogP contribution in [0.3, 0.4) is 0 Å². The van der Waals surface area contributed by atoms with E-state index in [0.717, 1.165) is 0 Å². The third kappa shape index (κ3) is 1.46. The van der Waals surface area contributed by atoms with Crippen molar-refractivity contribution >= 4 is 15.9 Å². The maximum Gasteiger partial charge on any atom is 0.103 e. The maximum atomic E-state index is 10.7. The standard InChI is InChI=1S/C6H10BrO/c1-4(8)6(7)5-2-3-5/h4-6H,2-3H2,1H3. The van der Waals surface area contributed by atoms with Gasteiger partial charge in [-0.05, 0) is 25.7 Å². The van der Waals surface area contributed by atoms with Crippen LogP contribution in [-0.2, 0) is 5.11 Å². The van der Waals surface area contributed by atoms with Gasteiger partial charge < -0.3 is 0 Å². The second kappa shape index (κ2) is 2.36. The van der Waals surface area contributed by atoms with Gasteiger partial charge in [0.05, 0.1) is 0 Å². The van der Waals surface area contributed by atoms with Crippen LogP contribution in [-0.4, -0.2) is 10.9 Å². The Labute approximate surface area is 58.2 Å². The molecular weight excluding hydrogens is 168 g/mol. The number of alkyl halides is 1. The molecule has 1 aliphatic carbocycles. The molecule has 0 aliphatic heterocycles. The summed E-state index contributed by atoms with van der Waals surface area (Å²) in [7, 11) is 0. The Balaban J connectivity index is 2.22. The lowest BCUT2D eigenvalue weighted by atomic mass is 10.2. The summed E-state index contributed by atoms with van der Waals surface area (Å²) >= 11 is 3.36. The third-order valence-electron chi connectivity index (χ3n) is 1.52. The van der Waals surface area contributed by atoms with E-state index < -0.39 is 6.10 Å². The van der Waals surface area contributed by atoms with Crippen LogP contribution in [0.5, 0.6) is 0 Å². The van der Waals surface area contributed by atoms with Crippen LogP contribution in [0.25, 0.3) is 0 Å². The Morgan fingerprint density at radius 2 is 2.12 bits per heavy atom. The molecule has 1 rings (SSSR count). The molecule has 0 saturated heterocycles. The zero-order chi connectivity index (χ0) is 6.15. The fourth-order valence-corrected chi connectivity index (χ4v) is 1.33. The average Bonchev–Trinajstić information content (AvgIpc) is 2.43. The molecule has 0 aromatic rings. The van der Waals surface area contributed by atoms with Crippen molar-refractivity contribution in [2.24, 2.45) is 5.92 Å². The largest absolute Gasteiger partial charge is 0.232 e. The molecule has 0 amide bonds. The summed E-state index contributed by atoms with van der Waals surface area (Å²) in [6.07, 6.45) is 2.08. The van der Waals surface area contributed by atoms with Gasteiger partial charge in [0.2, 0.25) is 0 Å². The fourth-order valence-electron chi connectivity index (χ4n) is 0.798. The van der Waals surface area contributed by atoms with Gasteiger partial charge in [0, 0.05) is 4.83 Å². The quantitative estimate of drug-likeness (QED) is 0.576. The van der Waals surface area contributed by atoms with E-state index in [0.29, 0.717) is 5.92 Å². The highest BCUT2D eigenvalue weighted by molar-refractivity contribution is 9.09. The van der Waals surface area contributed by atoms with Gasteiger partial charge in [-0.3, -0.25) is 0 Å². The van der Waals surface area contributed by atoms with Gasteiger partial charge in [-0.15, -0.1) is 0 Å². The van der Waals surface area contributed by atoms with E-state index in [1.54, 1.807) is 6.92 Å². The number of rotatable bonds is 2. The van der Waals surface area contributed by atoms with Crippen molar-refractivity contribution in [3.05, 3.63) is 0 Å². The molecule has 0 spiro atoms. The van der Waals surface area contributed by atoms with E-state index in [1.165, 1.54) is 12.8 Å². The first-order chi connectivity index (χ1) is 3.72. The number of hydrogen-bond acceptors (Lipinski definition) is 0. The molecule has 0 bridgehead atoms. The molecular formula is C6H10BrO. The highest BCUT2D eigenvalue weighted by atomic mass is 79.9. The minimum Gasteiger partial charge on any atom is -0.232 e. The minimum atomic E-state index is -0.428. The molecule has 0 aromatic carbocycles. The minimum absolute atomic E-state index is 0.238. The zero-order valence-corrected chi connectivity index (χ0v) is 6.52. The summed E-state index contributed by atoms with van der Waals surface area (Å²) in [4.78, 5) is 0.238. The molecule has 2 atom stereocenters. The Morgan fingerprint density at radius 3 is 2.25 bits per heavy atom. The molecule has 0 heterocycles. The Kier molecular flexibility index (Phi) is 1.93. The van der Waals surface area contributed by atoms with E-state index >= 15 is 0 Å². The summed E-state index contributed by atoms with van der Waals surface area (Å²) in [5.41, 5.74) is 0. The Bertz CT molecular complexity index is 76.6. The van der Waals surface area contributed by atoms with Crippen LogP contribution in [0.4, 0.5) is 0 Å². The topological polar surface area (TPSA) is 19.9 Å². The lowest BCUT2D eigenvalue weighted by Gasteiger charge is -2.07. The molecule has 1 radical (unpaired) electrons. The predicted molar refractivity (Wildman–Crippen MR) is 35.6 cm³/mol. The van der Waals surface area contributed by atoms with E-state index in [2.05, 4.69) is 15.9 Å². The highest BCUT2D eigenvalue weighted by Crippen LogP contribution is 2.38. The van der Waals surface area contributed by atoms with Crippen molar-refractivity contribution in [1.29, 1.82) is 0 Å². The van der Waals surface area contributed by atoms with Crippen molar-refractivity contribution in [3.63, 3.8) is 0 Å². The van der Waals surface area contributed by atoms with Gasteiger partial charge in [-0.1, -0.05) is 15.9 Å². The molecule has 47 valence electrons. The number of halogens is 1. The summed E-state index contributed by atoms with van der Waals surface area (Å²) < 4.78 is 0. The summed E-state index contributed by atoms with van der Waals surface area (Å²) in [6, 6.07) is 0. The summed E-state index contributed by atoms with van der Waals surface area (Å²) in [5.74, 6) is 0.697. The monoisotopic (exact) mass is 177 g/mol. The Morgan fingerprint density at radius 1 is 1.62 bits per heavy atom. The van der Waals surface area contributed by atoms with E-state index in [-0.39, 0.29) is 4.83 Å². The molecule has 1 fully saturated rings. The van der Waals surface area contributed by atoms with E-state index in [4.69, 9.17) is 0 Å². The molecule has 0 aromatic heterocycles. The molecule has 0 N–H and O–H groups in total. The van der Waals surface area contributed by atoms with Crippen molar-refractivity contribution in [2.75, 3.05) is 0 Å². The van der Waals surface area contributed by atoms with Crippen molar-refractivity contribution in [2.45, 2.75) is 30.7 Å². The summed E-state index contributed by atoms with van der Waals surface area (Å²) in [6.45, 7) is 1.72. The van der Waals surface area contributed by atoms with E-state index in [1.807, 2.05) is 0 Å². The fraction of sp³-hybridized carbons (Fsp3) is 1.00. The van der Waals surface area contributed by atoms with Gasteiger partial charge in [-0.2, -0.15) is 0 Å². The molecule has 8 heavy (non-hydrogen) atoms. The van der Waals surface area contributed by atoms with Crippen LogP contribution in [0.15, 0.2) is 0 Å². The van der Waals surface area contributed by atoms with Crippen LogP contribution in [0.1, 0.15) is 19.8 Å². The summed E-state index contributed by atoms with van der Waals surface area (Å²) in [5, 5.41) is 10.7. The second-order valence-electron chi connectivity index (χ2n) is 2.49. The smallest absolute Gasteiger partial charge is 0.103 e. The first-order valence-electron chi connectivity index (χ1n) is 3.01. The molecule has 1 aliphatic rings. The van der Waals surface area contributed by atoms with Gasteiger partial charge in [0.15, 0.2) is 0 Å². The third-order valence-corrected chi connectivity index (χ3v) is 3.01. The molecule has 2 unspecified atom stereocenters. The zero-order valence-electron chi connectivity index (χ0n) is 4.93. The molecule has 1 nitrogen and oxygen atoms in total. The number of hydrogen-bond donors (Lipinski definition) is 0. The van der Waals surface area contributed by atoms with Gasteiger partial charge in [-0.25, -0.2) is 5.11 Å². The van der Waals surface area contributed by atoms with Gasteiger partial charge in [0.25, 0.3) is 0 Å². The van der Waals surface area contributed by atoms with Crippen molar-refractivity contribution < 1.29 is 5.11 Å². The Hall–Kier alpha value is 0.440. The van der Waals surface area contributed by atoms with E-state index in [9.17, 15) is 5.11 Å². The lowest BCUT2D eigenvalue weighted by Crippen LogP contribution is -2.16. The maximum absolute atomic E-state index is 10.7. The predicted octanol–water partition coefficient (Wildman–Crippen LogP) is 1.98. The van der Waals surface area contributed by atoms with Gasteiger partial charge >= 0.3 is 0 Å².